The Bertz CT molecular complexity index is 896. The molecule has 6 aliphatic rings. The fourth-order valence-electron chi connectivity index (χ4n) is 7.50. The van der Waals surface area contributed by atoms with Gasteiger partial charge in [0.1, 0.15) is 6.20 Å². The number of fused-ring (bicyclic) bond motifs is 1. The molecule has 6 rings (SSSR count). The first kappa shape index (κ1) is 20.6. The summed E-state index contributed by atoms with van der Waals surface area (Å²) in [5.74, 6) is 2.06. The van der Waals surface area contributed by atoms with Gasteiger partial charge >= 0.3 is 5.91 Å². The Balaban J connectivity index is 1.26. The predicted molar refractivity (Wildman–Crippen MR) is 117 cm³/mol. The standard InChI is InChI=1S/C24H32N4O3/c25-22(30)19-14-28(20(23(26)31)2-1-3-21(28)27-19)7-5-18(29)4-6-24-11-15-8-16(12-24)10-17(9-15)13-24/h1-3,14-18,29H,4-13H2,(H3-,25,26,30,31)/p+1. The Morgan fingerprint density at radius 1 is 1.10 bits per heavy atom. The molecule has 4 fully saturated rings. The number of aliphatic hydroxyl groups is 1. The van der Waals surface area contributed by atoms with Gasteiger partial charge in [0.2, 0.25) is 11.5 Å². The lowest BCUT2D eigenvalue weighted by molar-refractivity contribution is -0.740. The summed E-state index contributed by atoms with van der Waals surface area (Å²) < 4.78 is -0.0431. The molecule has 4 saturated carbocycles. The first-order valence-electron chi connectivity index (χ1n) is 11.7. The summed E-state index contributed by atoms with van der Waals surface area (Å²) >= 11 is 0. The zero-order valence-corrected chi connectivity index (χ0v) is 18.0. The number of amidine groups is 1. The van der Waals surface area contributed by atoms with Crippen LogP contribution < -0.4 is 11.5 Å². The number of hydrogen-bond acceptors (Lipinski definition) is 4. The maximum Gasteiger partial charge on any atom is 0.303 e. The molecular weight excluding hydrogens is 392 g/mol. The molecule has 7 nitrogen and oxygen atoms in total. The molecule has 5 N–H and O–H groups in total. The molecule has 0 aromatic rings. The summed E-state index contributed by atoms with van der Waals surface area (Å²) in [5, 5.41) is 10.9. The lowest BCUT2D eigenvalue weighted by Crippen LogP contribution is -2.51. The van der Waals surface area contributed by atoms with Gasteiger partial charge in [-0.2, -0.15) is 4.99 Å². The molecule has 0 aromatic carbocycles. The van der Waals surface area contributed by atoms with Crippen LogP contribution in [0.15, 0.2) is 40.8 Å². The largest absolute Gasteiger partial charge is 0.393 e. The number of quaternary nitrogens is 1. The Morgan fingerprint density at radius 2 is 1.74 bits per heavy atom. The van der Waals surface area contributed by atoms with Crippen molar-refractivity contribution in [2.45, 2.75) is 63.9 Å². The number of primary amides is 2. The lowest BCUT2D eigenvalue weighted by atomic mass is 9.48. The highest BCUT2D eigenvalue weighted by Gasteiger charge is 2.51. The second kappa shape index (κ2) is 7.41. The smallest absolute Gasteiger partial charge is 0.303 e. The van der Waals surface area contributed by atoms with Crippen LogP contribution in [0.3, 0.4) is 0 Å². The molecule has 31 heavy (non-hydrogen) atoms. The van der Waals surface area contributed by atoms with Gasteiger partial charge < -0.3 is 16.6 Å². The van der Waals surface area contributed by atoms with Crippen LogP contribution in [0.25, 0.3) is 0 Å². The molecule has 2 amide bonds. The van der Waals surface area contributed by atoms with Gasteiger partial charge in [-0.1, -0.05) is 0 Å². The van der Waals surface area contributed by atoms with Crippen molar-refractivity contribution in [2.24, 2.45) is 39.6 Å². The highest BCUT2D eigenvalue weighted by molar-refractivity contribution is 6.03. The number of nitrogens with zero attached hydrogens (tertiary/aromatic N) is 2. The molecule has 4 aliphatic carbocycles. The molecule has 2 unspecified atom stereocenters. The number of allylic oxidation sites excluding steroid dienone is 2. The zero-order valence-electron chi connectivity index (χ0n) is 18.0. The van der Waals surface area contributed by atoms with Gasteiger partial charge in [0, 0.05) is 18.6 Å². The zero-order chi connectivity index (χ0) is 21.8. The van der Waals surface area contributed by atoms with Crippen LogP contribution in [-0.4, -0.2) is 39.9 Å². The molecule has 0 spiro atoms. The van der Waals surface area contributed by atoms with Gasteiger partial charge in [-0.15, -0.1) is 0 Å². The molecule has 2 atom stereocenters. The van der Waals surface area contributed by atoms with Gasteiger partial charge in [0.25, 0.3) is 5.91 Å². The molecule has 2 aliphatic heterocycles. The summed E-state index contributed by atoms with van der Waals surface area (Å²) in [7, 11) is 0. The molecule has 4 bridgehead atoms. The van der Waals surface area contributed by atoms with Crippen molar-refractivity contribution in [1.29, 1.82) is 0 Å². The summed E-state index contributed by atoms with van der Waals surface area (Å²) in [6.07, 6.45) is 16.9. The van der Waals surface area contributed by atoms with Crippen molar-refractivity contribution >= 4 is 17.6 Å². The van der Waals surface area contributed by atoms with Crippen molar-refractivity contribution in [2.75, 3.05) is 6.54 Å². The minimum absolute atomic E-state index is 0.0431. The fraction of sp³-hybridized carbons (Fsp3) is 0.625. The average molecular weight is 426 g/mol. The normalized spacial score (nSPS) is 38.4. The van der Waals surface area contributed by atoms with E-state index >= 15 is 0 Å². The summed E-state index contributed by atoms with van der Waals surface area (Å²) in [4.78, 5) is 28.2. The van der Waals surface area contributed by atoms with Crippen LogP contribution in [0.4, 0.5) is 0 Å². The number of aliphatic hydroxyl groups excluding tert-OH is 1. The lowest BCUT2D eigenvalue weighted by Gasteiger charge is -2.57. The fourth-order valence-corrected chi connectivity index (χ4v) is 7.50. The maximum atomic E-state index is 12.2. The minimum atomic E-state index is -0.640. The highest BCUT2D eigenvalue weighted by atomic mass is 16.3. The van der Waals surface area contributed by atoms with E-state index in [1.807, 2.05) is 0 Å². The van der Waals surface area contributed by atoms with E-state index in [1.54, 1.807) is 24.4 Å². The van der Waals surface area contributed by atoms with E-state index in [4.69, 9.17) is 11.5 Å². The highest BCUT2D eigenvalue weighted by Crippen LogP contribution is 2.61. The average Bonchev–Trinajstić information content (AvgIpc) is 3.10. The number of rotatable bonds is 8. The van der Waals surface area contributed by atoms with E-state index in [-0.39, 0.29) is 10.2 Å². The van der Waals surface area contributed by atoms with Crippen LogP contribution in [0.2, 0.25) is 0 Å². The maximum absolute atomic E-state index is 12.2. The van der Waals surface area contributed by atoms with E-state index in [0.717, 1.165) is 30.6 Å². The van der Waals surface area contributed by atoms with Crippen LogP contribution in [0, 0.1) is 23.2 Å². The molecule has 0 saturated heterocycles. The number of nitrogens with two attached hydrogens (primary N) is 2. The molecule has 7 heteroatoms. The van der Waals surface area contributed by atoms with Crippen molar-refractivity contribution in [1.82, 2.24) is 0 Å². The first-order chi connectivity index (χ1) is 14.8. The molecule has 2 heterocycles. The third kappa shape index (κ3) is 3.57. The number of amides is 2. The summed E-state index contributed by atoms with van der Waals surface area (Å²) in [6.45, 7) is 0.413. The monoisotopic (exact) mass is 425 g/mol. The van der Waals surface area contributed by atoms with Gasteiger partial charge in [-0.05, 0) is 80.6 Å². The van der Waals surface area contributed by atoms with E-state index in [0.29, 0.717) is 29.9 Å². The third-order valence-electron chi connectivity index (χ3n) is 8.41. The van der Waals surface area contributed by atoms with Crippen molar-refractivity contribution in [3.05, 3.63) is 35.8 Å². The van der Waals surface area contributed by atoms with Crippen LogP contribution in [0.1, 0.15) is 57.8 Å². The third-order valence-corrected chi connectivity index (χ3v) is 8.41. The summed E-state index contributed by atoms with van der Waals surface area (Å²) in [6, 6.07) is 0. The number of hydrogen-bond donors (Lipinski definition) is 3. The van der Waals surface area contributed by atoms with Gasteiger partial charge in [0.15, 0.2) is 5.70 Å². The van der Waals surface area contributed by atoms with Crippen molar-refractivity contribution < 1.29 is 19.2 Å². The molecule has 0 aromatic heterocycles. The van der Waals surface area contributed by atoms with Crippen LogP contribution in [0.5, 0.6) is 0 Å². The summed E-state index contributed by atoms with van der Waals surface area (Å²) in [5.41, 5.74) is 12.0. The Labute approximate surface area is 183 Å². The number of carbonyl (C=O) groups is 2. The van der Waals surface area contributed by atoms with Gasteiger partial charge in [0.05, 0.1) is 12.6 Å². The van der Waals surface area contributed by atoms with Gasteiger partial charge in [-0.25, -0.2) is 4.48 Å². The predicted octanol–water partition coefficient (Wildman–Crippen LogP) is 2.23. The Hall–Kier alpha value is -2.25. The van der Waals surface area contributed by atoms with E-state index in [1.165, 1.54) is 38.5 Å². The number of carbonyl (C=O) groups excluding carboxylic acids is 2. The second-order valence-corrected chi connectivity index (χ2v) is 10.6. The molecular formula is C24H33N4O3+. The topological polar surface area (TPSA) is 119 Å². The van der Waals surface area contributed by atoms with Gasteiger partial charge in [-0.3, -0.25) is 9.59 Å². The second-order valence-electron chi connectivity index (χ2n) is 10.6. The Morgan fingerprint density at radius 3 is 2.32 bits per heavy atom. The Kier molecular flexibility index (Phi) is 4.94. The van der Waals surface area contributed by atoms with E-state index < -0.39 is 17.9 Å². The molecule has 0 radical (unpaired) electrons. The quantitative estimate of drug-likeness (QED) is 0.517. The van der Waals surface area contributed by atoms with E-state index in [2.05, 4.69) is 4.99 Å². The molecule has 166 valence electrons. The van der Waals surface area contributed by atoms with Crippen molar-refractivity contribution in [3.8, 4) is 0 Å². The number of aliphatic imine (C=N–C) groups is 1. The van der Waals surface area contributed by atoms with Crippen LogP contribution >= 0.6 is 0 Å². The van der Waals surface area contributed by atoms with E-state index in [9.17, 15) is 14.7 Å². The SMILES string of the molecule is NC(=O)C1=C[N+]2(CCC(O)CCC34CC5CC(CC(C5)C3)C4)C(C(N)=O)=CC=CC2=N1. The minimum Gasteiger partial charge on any atom is -0.393 e. The first-order valence-corrected chi connectivity index (χ1v) is 11.7. The van der Waals surface area contributed by atoms with Crippen molar-refractivity contribution in [3.63, 3.8) is 0 Å². The van der Waals surface area contributed by atoms with Crippen LogP contribution in [-0.2, 0) is 9.59 Å².